The second-order valence-corrected chi connectivity index (χ2v) is 6.73. The zero-order valence-electron chi connectivity index (χ0n) is 12.1. The van der Waals surface area contributed by atoms with Gasteiger partial charge in [-0.25, -0.2) is 18.4 Å². The molecule has 114 valence electrons. The fraction of sp³-hybridized carbons (Fsp3) is 0.357. The Kier molecular flexibility index (Phi) is 5.35. The van der Waals surface area contributed by atoms with Crippen molar-refractivity contribution >= 4 is 16.1 Å². The Labute approximate surface area is 124 Å². The second kappa shape index (κ2) is 6.61. The van der Waals surface area contributed by atoms with Crippen LogP contribution >= 0.6 is 0 Å². The summed E-state index contributed by atoms with van der Waals surface area (Å²) in [5.74, 6) is 5.31. The van der Waals surface area contributed by atoms with Gasteiger partial charge in [-0.2, -0.15) is 0 Å². The maximum absolute atomic E-state index is 11.4. The summed E-state index contributed by atoms with van der Waals surface area (Å²) in [6.07, 6.45) is -0.587. The van der Waals surface area contributed by atoms with Crippen molar-refractivity contribution in [2.45, 2.75) is 31.3 Å². The SMILES string of the molecule is CC(C)(C)OC(=O)NCC#Cc1ccccc1S(N)(=O)=O. The van der Waals surface area contributed by atoms with Crippen molar-refractivity contribution < 1.29 is 17.9 Å². The highest BCUT2D eigenvalue weighted by atomic mass is 32.2. The topological polar surface area (TPSA) is 98.5 Å². The molecule has 6 nitrogen and oxygen atoms in total. The fourth-order valence-electron chi connectivity index (χ4n) is 1.39. The number of primary sulfonamides is 1. The third-order valence-corrected chi connectivity index (χ3v) is 3.11. The highest BCUT2D eigenvalue weighted by molar-refractivity contribution is 7.89. The number of benzene rings is 1. The van der Waals surface area contributed by atoms with Crippen molar-refractivity contribution in [3.63, 3.8) is 0 Å². The number of ether oxygens (including phenoxy) is 1. The van der Waals surface area contributed by atoms with Crippen LogP contribution in [-0.2, 0) is 14.8 Å². The van der Waals surface area contributed by atoms with Gasteiger partial charge in [0.15, 0.2) is 0 Å². The molecule has 1 amide bonds. The Morgan fingerprint density at radius 1 is 1.33 bits per heavy atom. The Hall–Kier alpha value is -2.04. The minimum atomic E-state index is -3.83. The Balaban J connectivity index is 2.71. The van der Waals surface area contributed by atoms with Crippen LogP contribution in [0.5, 0.6) is 0 Å². The van der Waals surface area contributed by atoms with Crippen molar-refractivity contribution in [2.75, 3.05) is 6.54 Å². The predicted octanol–water partition coefficient (Wildman–Crippen LogP) is 1.21. The molecular weight excluding hydrogens is 292 g/mol. The normalized spacial score (nSPS) is 11.2. The molecule has 0 fully saturated rings. The molecule has 0 aliphatic rings. The number of carbonyl (C=O) groups is 1. The molecule has 7 heteroatoms. The van der Waals surface area contributed by atoms with Crippen molar-refractivity contribution in [3.05, 3.63) is 29.8 Å². The quantitative estimate of drug-likeness (QED) is 0.802. The first kappa shape index (κ1) is 17.0. The van der Waals surface area contributed by atoms with Crippen LogP contribution in [0.25, 0.3) is 0 Å². The molecule has 0 saturated carbocycles. The molecule has 1 aromatic rings. The molecule has 0 aliphatic heterocycles. The van der Waals surface area contributed by atoms with Gasteiger partial charge in [0, 0.05) is 5.56 Å². The molecule has 0 bridgehead atoms. The van der Waals surface area contributed by atoms with Crippen LogP contribution in [-0.4, -0.2) is 26.7 Å². The number of nitrogens with two attached hydrogens (primary N) is 1. The van der Waals surface area contributed by atoms with Gasteiger partial charge in [0.25, 0.3) is 0 Å². The van der Waals surface area contributed by atoms with Crippen LogP contribution < -0.4 is 10.5 Å². The number of rotatable bonds is 2. The lowest BCUT2D eigenvalue weighted by atomic mass is 10.2. The standard InChI is InChI=1S/C14H18N2O4S/c1-14(2,3)20-13(17)16-10-6-8-11-7-4-5-9-12(11)21(15,18)19/h4-5,7,9H,10H2,1-3H3,(H,16,17)(H2,15,18,19). The molecule has 0 aliphatic carbocycles. The number of alkyl carbamates (subject to hydrolysis) is 1. The minimum absolute atomic E-state index is 0.0356. The van der Waals surface area contributed by atoms with Crippen molar-refractivity contribution in [2.24, 2.45) is 5.14 Å². The molecule has 0 atom stereocenters. The number of amides is 1. The summed E-state index contributed by atoms with van der Waals surface area (Å²) in [4.78, 5) is 11.3. The zero-order valence-corrected chi connectivity index (χ0v) is 13.0. The van der Waals surface area contributed by atoms with E-state index in [1.165, 1.54) is 6.07 Å². The van der Waals surface area contributed by atoms with E-state index in [-0.39, 0.29) is 17.0 Å². The van der Waals surface area contributed by atoms with Gasteiger partial charge in [0.1, 0.15) is 5.60 Å². The van der Waals surface area contributed by atoms with Gasteiger partial charge in [-0.3, -0.25) is 0 Å². The number of nitrogens with one attached hydrogen (secondary N) is 1. The van der Waals surface area contributed by atoms with Gasteiger partial charge in [-0.05, 0) is 32.9 Å². The number of sulfonamides is 1. The van der Waals surface area contributed by atoms with Gasteiger partial charge in [0.05, 0.1) is 11.4 Å². The lowest BCUT2D eigenvalue weighted by molar-refractivity contribution is 0.0535. The van der Waals surface area contributed by atoms with Gasteiger partial charge < -0.3 is 10.1 Å². The summed E-state index contributed by atoms with van der Waals surface area (Å²) in [6, 6.07) is 6.13. The Morgan fingerprint density at radius 2 is 1.95 bits per heavy atom. The van der Waals surface area contributed by atoms with Crippen LogP contribution in [0, 0.1) is 11.8 Å². The average molecular weight is 310 g/mol. The molecule has 3 N–H and O–H groups in total. The van der Waals surface area contributed by atoms with E-state index in [2.05, 4.69) is 17.2 Å². The molecular formula is C14H18N2O4S. The number of hydrogen-bond acceptors (Lipinski definition) is 4. The monoisotopic (exact) mass is 310 g/mol. The molecule has 1 aromatic carbocycles. The zero-order chi connectivity index (χ0) is 16.1. The predicted molar refractivity (Wildman–Crippen MR) is 78.9 cm³/mol. The maximum atomic E-state index is 11.4. The highest BCUT2D eigenvalue weighted by Crippen LogP contribution is 2.11. The van der Waals surface area contributed by atoms with Crippen molar-refractivity contribution in [3.8, 4) is 11.8 Å². The first-order valence-corrected chi connectivity index (χ1v) is 7.72. The van der Waals surface area contributed by atoms with E-state index in [0.29, 0.717) is 0 Å². The third-order valence-electron chi connectivity index (χ3n) is 2.14. The minimum Gasteiger partial charge on any atom is -0.444 e. The lowest BCUT2D eigenvalue weighted by Gasteiger charge is -2.19. The Bertz CT molecular complexity index is 679. The number of carbonyl (C=O) groups excluding carboxylic acids is 1. The summed E-state index contributed by atoms with van der Waals surface area (Å²) in [7, 11) is -3.83. The summed E-state index contributed by atoms with van der Waals surface area (Å²) in [5.41, 5.74) is -0.302. The Morgan fingerprint density at radius 3 is 2.52 bits per heavy atom. The van der Waals surface area contributed by atoms with Crippen LogP contribution in [0.4, 0.5) is 4.79 Å². The van der Waals surface area contributed by atoms with E-state index in [0.717, 1.165) is 0 Å². The van der Waals surface area contributed by atoms with E-state index < -0.39 is 21.7 Å². The molecule has 0 unspecified atom stereocenters. The van der Waals surface area contributed by atoms with Crippen molar-refractivity contribution in [1.29, 1.82) is 0 Å². The molecule has 0 radical (unpaired) electrons. The third kappa shape index (κ3) is 6.29. The molecule has 0 aromatic heterocycles. The molecule has 0 spiro atoms. The van der Waals surface area contributed by atoms with E-state index in [1.807, 2.05) is 0 Å². The van der Waals surface area contributed by atoms with E-state index >= 15 is 0 Å². The van der Waals surface area contributed by atoms with Gasteiger partial charge >= 0.3 is 6.09 Å². The fourth-order valence-corrected chi connectivity index (χ4v) is 2.08. The van der Waals surface area contributed by atoms with Gasteiger partial charge in [-0.15, -0.1) is 0 Å². The largest absolute Gasteiger partial charge is 0.444 e. The maximum Gasteiger partial charge on any atom is 0.408 e. The summed E-state index contributed by atoms with van der Waals surface area (Å²) >= 11 is 0. The van der Waals surface area contributed by atoms with Crippen LogP contribution in [0.15, 0.2) is 29.2 Å². The second-order valence-electron chi connectivity index (χ2n) is 5.20. The first-order chi connectivity index (χ1) is 9.59. The molecule has 1 rings (SSSR count). The summed E-state index contributed by atoms with van der Waals surface area (Å²) < 4.78 is 27.8. The average Bonchev–Trinajstić information content (AvgIpc) is 2.32. The first-order valence-electron chi connectivity index (χ1n) is 6.17. The smallest absolute Gasteiger partial charge is 0.408 e. The van der Waals surface area contributed by atoms with Crippen LogP contribution in [0.1, 0.15) is 26.3 Å². The number of hydrogen-bond donors (Lipinski definition) is 2. The molecule has 0 saturated heterocycles. The van der Waals surface area contributed by atoms with Crippen LogP contribution in [0.3, 0.4) is 0 Å². The van der Waals surface area contributed by atoms with Crippen LogP contribution in [0.2, 0.25) is 0 Å². The molecule has 0 heterocycles. The van der Waals surface area contributed by atoms with E-state index in [4.69, 9.17) is 9.88 Å². The highest BCUT2D eigenvalue weighted by Gasteiger charge is 2.15. The van der Waals surface area contributed by atoms with Gasteiger partial charge in [-0.1, -0.05) is 24.0 Å². The lowest BCUT2D eigenvalue weighted by Crippen LogP contribution is -2.32. The van der Waals surface area contributed by atoms with Crippen molar-refractivity contribution in [1.82, 2.24) is 5.32 Å². The summed E-state index contributed by atoms with van der Waals surface area (Å²) in [6.45, 7) is 5.29. The molecule has 21 heavy (non-hydrogen) atoms. The summed E-state index contributed by atoms with van der Waals surface area (Å²) in [5, 5.41) is 7.55. The van der Waals surface area contributed by atoms with Gasteiger partial charge in [0.2, 0.25) is 10.0 Å². The van der Waals surface area contributed by atoms with E-state index in [1.54, 1.807) is 39.0 Å². The van der Waals surface area contributed by atoms with E-state index in [9.17, 15) is 13.2 Å².